The molecule has 0 fully saturated rings. The summed E-state index contributed by atoms with van der Waals surface area (Å²) in [6.45, 7) is 4.97. The first-order chi connectivity index (χ1) is 8.17. The van der Waals surface area contributed by atoms with E-state index in [1.807, 2.05) is 38.1 Å². The summed E-state index contributed by atoms with van der Waals surface area (Å²) < 4.78 is 5.23. The van der Waals surface area contributed by atoms with E-state index in [2.05, 4.69) is 5.32 Å². The molecule has 0 saturated heterocycles. The van der Waals surface area contributed by atoms with Crippen molar-refractivity contribution >= 4 is 5.78 Å². The lowest BCUT2D eigenvalue weighted by molar-refractivity contribution is -0.118. The van der Waals surface area contributed by atoms with E-state index in [1.54, 1.807) is 7.11 Å². The van der Waals surface area contributed by atoms with E-state index in [4.69, 9.17) is 4.74 Å². The van der Waals surface area contributed by atoms with Gasteiger partial charge in [0, 0.05) is 24.4 Å². The summed E-state index contributed by atoms with van der Waals surface area (Å²) in [5.41, 5.74) is 0.962. The second-order valence-corrected chi connectivity index (χ2v) is 4.19. The van der Waals surface area contributed by atoms with Crippen molar-refractivity contribution < 1.29 is 9.53 Å². The van der Waals surface area contributed by atoms with Gasteiger partial charge in [0.1, 0.15) is 11.5 Å². The maximum atomic E-state index is 11.9. The Bertz CT molecular complexity index is 363. The quantitative estimate of drug-likeness (QED) is 0.787. The van der Waals surface area contributed by atoms with Crippen LogP contribution in [0.15, 0.2) is 24.3 Å². The number of methoxy groups -OCH3 is 1. The molecule has 1 aromatic carbocycles. The maximum Gasteiger partial charge on any atom is 0.138 e. The van der Waals surface area contributed by atoms with Crippen molar-refractivity contribution in [3.05, 3.63) is 29.8 Å². The van der Waals surface area contributed by atoms with Crippen molar-refractivity contribution in [2.24, 2.45) is 0 Å². The summed E-state index contributed by atoms with van der Waals surface area (Å²) in [5, 5.41) is 3.24. The molecule has 1 aromatic rings. The Hall–Kier alpha value is -1.35. The number of carbonyl (C=O) groups excluding carboxylic acids is 1. The highest BCUT2D eigenvalue weighted by molar-refractivity contribution is 5.82. The minimum absolute atomic E-state index is 0.238. The molecular formula is C14H21NO2. The highest BCUT2D eigenvalue weighted by atomic mass is 16.5. The van der Waals surface area contributed by atoms with Crippen molar-refractivity contribution in [2.45, 2.75) is 32.7 Å². The predicted molar refractivity (Wildman–Crippen MR) is 69.5 cm³/mol. The van der Waals surface area contributed by atoms with Crippen molar-refractivity contribution in [1.29, 1.82) is 0 Å². The molecule has 1 N–H and O–H groups in total. The van der Waals surface area contributed by atoms with Gasteiger partial charge in [-0.15, -0.1) is 0 Å². The monoisotopic (exact) mass is 235 g/mol. The van der Waals surface area contributed by atoms with E-state index in [1.165, 1.54) is 0 Å². The smallest absolute Gasteiger partial charge is 0.138 e. The van der Waals surface area contributed by atoms with Crippen LogP contribution < -0.4 is 10.1 Å². The van der Waals surface area contributed by atoms with Gasteiger partial charge in [-0.2, -0.15) is 0 Å². The summed E-state index contributed by atoms with van der Waals surface area (Å²) in [4.78, 5) is 11.9. The van der Waals surface area contributed by atoms with Crippen LogP contribution in [-0.4, -0.2) is 25.5 Å². The van der Waals surface area contributed by atoms with E-state index in [0.29, 0.717) is 12.8 Å². The molecule has 0 aromatic heterocycles. The van der Waals surface area contributed by atoms with Gasteiger partial charge in [0.15, 0.2) is 0 Å². The maximum absolute atomic E-state index is 11.9. The standard InChI is InChI=1S/C14H21NO2/c1-4-15-11(2)9-13(16)10-12-7-5-6-8-14(12)17-3/h5-8,11,15H,4,9-10H2,1-3H3. The number of para-hydroxylation sites is 1. The molecule has 94 valence electrons. The van der Waals surface area contributed by atoms with Crippen LogP contribution in [0.2, 0.25) is 0 Å². The summed E-state index contributed by atoms with van der Waals surface area (Å²) in [6.07, 6.45) is 1.01. The zero-order valence-electron chi connectivity index (χ0n) is 10.8. The van der Waals surface area contributed by atoms with Gasteiger partial charge in [0.05, 0.1) is 7.11 Å². The number of Topliss-reactive ketones (excluding diaryl/α,β-unsaturated/α-hetero) is 1. The van der Waals surface area contributed by atoms with Crippen molar-refractivity contribution in [3.63, 3.8) is 0 Å². The Morgan fingerprint density at radius 3 is 2.76 bits per heavy atom. The molecule has 0 bridgehead atoms. The Balaban J connectivity index is 2.55. The van der Waals surface area contributed by atoms with E-state index in [0.717, 1.165) is 17.9 Å². The molecule has 1 atom stereocenters. The zero-order valence-corrected chi connectivity index (χ0v) is 10.8. The second kappa shape index (κ2) is 7.07. The summed E-state index contributed by atoms with van der Waals surface area (Å²) >= 11 is 0. The zero-order chi connectivity index (χ0) is 12.7. The van der Waals surface area contributed by atoms with Gasteiger partial charge in [-0.05, 0) is 19.5 Å². The number of ketones is 1. The number of hydrogen-bond acceptors (Lipinski definition) is 3. The average molecular weight is 235 g/mol. The first-order valence-electron chi connectivity index (χ1n) is 6.04. The summed E-state index contributed by atoms with van der Waals surface area (Å²) in [7, 11) is 1.63. The van der Waals surface area contributed by atoms with Crippen LogP contribution in [0.25, 0.3) is 0 Å². The molecule has 17 heavy (non-hydrogen) atoms. The van der Waals surface area contributed by atoms with Crippen molar-refractivity contribution in [1.82, 2.24) is 5.32 Å². The van der Waals surface area contributed by atoms with Gasteiger partial charge in [0.25, 0.3) is 0 Å². The molecular weight excluding hydrogens is 214 g/mol. The fraction of sp³-hybridized carbons (Fsp3) is 0.500. The number of benzene rings is 1. The van der Waals surface area contributed by atoms with Crippen LogP contribution >= 0.6 is 0 Å². The Kier molecular flexibility index (Phi) is 5.70. The van der Waals surface area contributed by atoms with Crippen LogP contribution in [-0.2, 0) is 11.2 Å². The number of rotatable bonds is 7. The highest BCUT2D eigenvalue weighted by Crippen LogP contribution is 2.18. The lowest BCUT2D eigenvalue weighted by atomic mass is 10.0. The molecule has 0 radical (unpaired) electrons. The molecule has 0 aliphatic rings. The van der Waals surface area contributed by atoms with E-state index >= 15 is 0 Å². The van der Waals surface area contributed by atoms with Gasteiger partial charge >= 0.3 is 0 Å². The molecule has 3 heteroatoms. The first kappa shape index (κ1) is 13.7. The van der Waals surface area contributed by atoms with Gasteiger partial charge in [-0.1, -0.05) is 25.1 Å². The summed E-state index contributed by atoms with van der Waals surface area (Å²) in [5.74, 6) is 1.03. The highest BCUT2D eigenvalue weighted by Gasteiger charge is 2.11. The molecule has 0 aliphatic carbocycles. The van der Waals surface area contributed by atoms with Crippen LogP contribution in [0.5, 0.6) is 5.75 Å². The van der Waals surface area contributed by atoms with Gasteiger partial charge in [0.2, 0.25) is 0 Å². The topological polar surface area (TPSA) is 38.3 Å². The third-order valence-electron chi connectivity index (χ3n) is 2.67. The van der Waals surface area contributed by atoms with Gasteiger partial charge in [-0.25, -0.2) is 0 Å². The largest absolute Gasteiger partial charge is 0.496 e. The van der Waals surface area contributed by atoms with Crippen LogP contribution in [0, 0.1) is 0 Å². The third-order valence-corrected chi connectivity index (χ3v) is 2.67. The average Bonchev–Trinajstić information content (AvgIpc) is 2.29. The van der Waals surface area contributed by atoms with Crippen LogP contribution in [0.3, 0.4) is 0 Å². The number of nitrogens with one attached hydrogen (secondary N) is 1. The van der Waals surface area contributed by atoms with Crippen molar-refractivity contribution in [2.75, 3.05) is 13.7 Å². The fourth-order valence-corrected chi connectivity index (χ4v) is 1.90. The fourth-order valence-electron chi connectivity index (χ4n) is 1.90. The van der Waals surface area contributed by atoms with E-state index in [9.17, 15) is 4.79 Å². The molecule has 0 saturated carbocycles. The Morgan fingerprint density at radius 2 is 2.12 bits per heavy atom. The summed E-state index contributed by atoms with van der Waals surface area (Å²) in [6, 6.07) is 7.90. The first-order valence-corrected chi connectivity index (χ1v) is 6.04. The molecule has 0 heterocycles. The molecule has 3 nitrogen and oxygen atoms in total. The van der Waals surface area contributed by atoms with Gasteiger partial charge in [-0.3, -0.25) is 4.79 Å². The molecule has 0 spiro atoms. The molecule has 1 unspecified atom stereocenters. The SMILES string of the molecule is CCNC(C)CC(=O)Cc1ccccc1OC. The Labute approximate surface area is 103 Å². The Morgan fingerprint density at radius 1 is 1.41 bits per heavy atom. The predicted octanol–water partition coefficient (Wildman–Crippen LogP) is 2.19. The van der Waals surface area contributed by atoms with Crippen molar-refractivity contribution in [3.8, 4) is 5.75 Å². The van der Waals surface area contributed by atoms with E-state index in [-0.39, 0.29) is 11.8 Å². The van der Waals surface area contributed by atoms with Crippen LogP contribution in [0.4, 0.5) is 0 Å². The number of ether oxygens (including phenoxy) is 1. The number of carbonyl (C=O) groups is 1. The van der Waals surface area contributed by atoms with Gasteiger partial charge < -0.3 is 10.1 Å². The third kappa shape index (κ3) is 4.57. The van der Waals surface area contributed by atoms with E-state index < -0.39 is 0 Å². The lowest BCUT2D eigenvalue weighted by Crippen LogP contribution is -2.28. The minimum atomic E-state index is 0.238. The van der Waals surface area contributed by atoms with Crippen LogP contribution in [0.1, 0.15) is 25.8 Å². The normalized spacial score (nSPS) is 12.2. The lowest BCUT2D eigenvalue weighted by Gasteiger charge is -2.12. The molecule has 1 rings (SSSR count). The number of hydrogen-bond donors (Lipinski definition) is 1. The minimum Gasteiger partial charge on any atom is -0.496 e. The second-order valence-electron chi connectivity index (χ2n) is 4.19. The molecule has 0 amide bonds. The molecule has 0 aliphatic heterocycles.